The van der Waals surface area contributed by atoms with Crippen LogP contribution in [0.3, 0.4) is 0 Å². The zero-order valence-corrected chi connectivity index (χ0v) is 16.9. The molecule has 24 heavy (non-hydrogen) atoms. The van der Waals surface area contributed by atoms with Gasteiger partial charge in [0.2, 0.25) is 0 Å². The summed E-state index contributed by atoms with van der Waals surface area (Å²) < 4.78 is 0. The summed E-state index contributed by atoms with van der Waals surface area (Å²) in [5, 5.41) is 0. The Morgan fingerprint density at radius 1 is 0.958 bits per heavy atom. The van der Waals surface area contributed by atoms with Crippen molar-refractivity contribution in [1.29, 1.82) is 0 Å². The molecule has 1 aliphatic rings. The van der Waals surface area contributed by atoms with Crippen molar-refractivity contribution in [2.24, 2.45) is 5.92 Å². The first kappa shape index (κ1) is 19.0. The molecular formula is C24H36. The van der Waals surface area contributed by atoms with E-state index in [1.807, 2.05) is 0 Å². The first-order valence-electron chi connectivity index (χ1n) is 9.91. The maximum atomic E-state index is 2.52. The molecular weight excluding hydrogens is 288 g/mol. The maximum absolute atomic E-state index is 2.52. The number of benzene rings is 1. The second kappa shape index (κ2) is 8.19. The average Bonchev–Trinajstić information content (AvgIpc) is 2.58. The van der Waals surface area contributed by atoms with Crippen LogP contribution >= 0.6 is 0 Å². The van der Waals surface area contributed by atoms with Crippen LogP contribution in [0.25, 0.3) is 0 Å². The van der Waals surface area contributed by atoms with Crippen LogP contribution in [0, 0.1) is 19.8 Å². The molecule has 1 aliphatic carbocycles. The smallest absolute Gasteiger partial charge is 0.0101 e. The summed E-state index contributed by atoms with van der Waals surface area (Å²) in [5.74, 6) is 1.27. The summed E-state index contributed by atoms with van der Waals surface area (Å²) in [6.45, 7) is 16.2. The van der Waals surface area contributed by atoms with Gasteiger partial charge in [-0.05, 0) is 92.5 Å². The molecule has 0 saturated carbocycles. The molecule has 0 heterocycles. The average molecular weight is 325 g/mol. The van der Waals surface area contributed by atoms with Crippen LogP contribution in [0.15, 0.2) is 34.9 Å². The lowest BCUT2D eigenvalue weighted by Gasteiger charge is -2.30. The van der Waals surface area contributed by atoms with Crippen molar-refractivity contribution >= 4 is 0 Å². The Morgan fingerprint density at radius 3 is 2.25 bits per heavy atom. The van der Waals surface area contributed by atoms with Gasteiger partial charge in [0.15, 0.2) is 0 Å². The summed E-state index contributed by atoms with van der Waals surface area (Å²) >= 11 is 0. The lowest BCUT2D eigenvalue weighted by Crippen LogP contribution is -2.15. The molecule has 0 amide bonds. The summed E-state index contributed by atoms with van der Waals surface area (Å²) in [6, 6.07) is 4.93. The molecule has 2 unspecified atom stereocenters. The highest BCUT2D eigenvalue weighted by Crippen LogP contribution is 2.39. The van der Waals surface area contributed by atoms with E-state index in [1.54, 1.807) is 22.3 Å². The Balaban J connectivity index is 2.37. The van der Waals surface area contributed by atoms with E-state index in [2.05, 4.69) is 66.7 Å². The zero-order chi connectivity index (χ0) is 17.9. The molecule has 1 aromatic rings. The predicted octanol–water partition coefficient (Wildman–Crippen LogP) is 7.44. The molecule has 0 heteroatoms. The van der Waals surface area contributed by atoms with Crippen LogP contribution in [0.4, 0.5) is 0 Å². The molecule has 2 atom stereocenters. The molecule has 1 aromatic carbocycles. The number of aryl methyl sites for hydroxylation is 2. The van der Waals surface area contributed by atoms with Crippen LogP contribution in [0.5, 0.6) is 0 Å². The highest BCUT2D eigenvalue weighted by molar-refractivity contribution is 5.41. The van der Waals surface area contributed by atoms with Crippen LogP contribution < -0.4 is 0 Å². The van der Waals surface area contributed by atoms with Gasteiger partial charge >= 0.3 is 0 Å². The molecule has 0 nitrogen and oxygen atoms in total. The molecule has 0 spiro atoms. The van der Waals surface area contributed by atoms with Crippen LogP contribution in [-0.4, -0.2) is 0 Å². The van der Waals surface area contributed by atoms with E-state index in [0.717, 1.165) is 6.42 Å². The van der Waals surface area contributed by atoms with Crippen LogP contribution in [0.1, 0.15) is 88.5 Å². The highest BCUT2D eigenvalue weighted by Gasteiger charge is 2.24. The zero-order valence-electron chi connectivity index (χ0n) is 16.9. The largest absolute Gasteiger partial charge is 0.0698 e. The summed E-state index contributed by atoms with van der Waals surface area (Å²) in [4.78, 5) is 0. The number of allylic oxidation sites excluding steroid dienone is 4. The highest BCUT2D eigenvalue weighted by atomic mass is 14.3. The lowest BCUT2D eigenvalue weighted by atomic mass is 9.75. The van der Waals surface area contributed by atoms with Gasteiger partial charge < -0.3 is 0 Å². The van der Waals surface area contributed by atoms with Gasteiger partial charge in [-0.2, -0.15) is 0 Å². The minimum atomic E-state index is 0.636. The van der Waals surface area contributed by atoms with Crippen molar-refractivity contribution in [2.45, 2.75) is 86.5 Å². The third-order valence-electron chi connectivity index (χ3n) is 6.31. The molecule has 0 aromatic heterocycles. The number of rotatable bonds is 6. The normalized spacial score (nSPS) is 17.7. The van der Waals surface area contributed by atoms with Crippen LogP contribution in [0.2, 0.25) is 0 Å². The summed E-state index contributed by atoms with van der Waals surface area (Å²) in [6.07, 6.45) is 8.54. The second-order valence-corrected chi connectivity index (χ2v) is 7.66. The van der Waals surface area contributed by atoms with Gasteiger partial charge in [0.05, 0.1) is 0 Å². The van der Waals surface area contributed by atoms with E-state index in [-0.39, 0.29) is 0 Å². The van der Waals surface area contributed by atoms with Crippen LogP contribution in [-0.2, 0) is 6.42 Å². The van der Waals surface area contributed by atoms with Gasteiger partial charge in [0, 0.05) is 0 Å². The Kier molecular flexibility index (Phi) is 6.49. The quantitative estimate of drug-likeness (QED) is 0.510. The van der Waals surface area contributed by atoms with Gasteiger partial charge in [0.25, 0.3) is 0 Å². The SMILES string of the molecule is CCC1=C(C)CCC(C(C)C(CC)c2cc(C)c(C)c(CC)c2)=C1. The fourth-order valence-corrected chi connectivity index (χ4v) is 4.35. The van der Waals surface area contributed by atoms with E-state index in [9.17, 15) is 0 Å². The van der Waals surface area contributed by atoms with E-state index >= 15 is 0 Å². The fourth-order valence-electron chi connectivity index (χ4n) is 4.35. The van der Waals surface area contributed by atoms with Gasteiger partial charge in [-0.1, -0.05) is 57.0 Å². The Morgan fingerprint density at radius 2 is 1.67 bits per heavy atom. The topological polar surface area (TPSA) is 0 Å². The minimum Gasteiger partial charge on any atom is -0.0698 e. The standard InChI is InChI=1S/C24H36/c1-8-20-14-22(12-11-16(20)4)19(7)24(10-3)23-13-17(5)18(6)21(9-2)15-23/h13-15,19,24H,8-12H2,1-7H3. The second-order valence-electron chi connectivity index (χ2n) is 7.66. The van der Waals surface area contributed by atoms with Crippen molar-refractivity contribution in [2.75, 3.05) is 0 Å². The Labute approximate surface area is 150 Å². The van der Waals surface area contributed by atoms with Crippen molar-refractivity contribution in [3.63, 3.8) is 0 Å². The monoisotopic (exact) mass is 324 g/mol. The summed E-state index contributed by atoms with van der Waals surface area (Å²) in [7, 11) is 0. The van der Waals surface area contributed by atoms with Crippen molar-refractivity contribution < 1.29 is 0 Å². The predicted molar refractivity (Wildman–Crippen MR) is 108 cm³/mol. The molecule has 0 N–H and O–H groups in total. The molecule has 0 aliphatic heterocycles. The van der Waals surface area contributed by atoms with E-state index in [4.69, 9.17) is 0 Å². The molecule has 0 radical (unpaired) electrons. The van der Waals surface area contributed by atoms with E-state index in [0.29, 0.717) is 11.8 Å². The summed E-state index contributed by atoms with van der Waals surface area (Å²) in [5.41, 5.74) is 10.9. The first-order chi connectivity index (χ1) is 11.4. The van der Waals surface area contributed by atoms with Crippen molar-refractivity contribution in [3.8, 4) is 0 Å². The third-order valence-corrected chi connectivity index (χ3v) is 6.31. The molecule has 132 valence electrons. The maximum Gasteiger partial charge on any atom is -0.0101 e. The number of hydrogen-bond donors (Lipinski definition) is 0. The lowest BCUT2D eigenvalue weighted by molar-refractivity contribution is 0.489. The van der Waals surface area contributed by atoms with E-state index < -0.39 is 0 Å². The molecule has 2 rings (SSSR count). The van der Waals surface area contributed by atoms with Gasteiger partial charge in [-0.25, -0.2) is 0 Å². The third kappa shape index (κ3) is 3.85. The van der Waals surface area contributed by atoms with Gasteiger partial charge in [-0.3, -0.25) is 0 Å². The molecule has 0 saturated heterocycles. The Hall–Kier alpha value is -1.30. The van der Waals surface area contributed by atoms with E-state index in [1.165, 1.54) is 42.4 Å². The van der Waals surface area contributed by atoms with Crippen molar-refractivity contribution in [1.82, 2.24) is 0 Å². The number of hydrogen-bond acceptors (Lipinski definition) is 0. The van der Waals surface area contributed by atoms with Gasteiger partial charge in [-0.15, -0.1) is 0 Å². The van der Waals surface area contributed by atoms with Crippen molar-refractivity contribution in [3.05, 3.63) is 57.2 Å². The molecule has 0 bridgehead atoms. The first-order valence-corrected chi connectivity index (χ1v) is 9.91. The van der Waals surface area contributed by atoms with Gasteiger partial charge in [0.1, 0.15) is 0 Å². The fraction of sp³-hybridized carbons (Fsp3) is 0.583. The molecule has 0 fully saturated rings. The Bertz CT molecular complexity index is 642. The minimum absolute atomic E-state index is 0.636.